The van der Waals surface area contributed by atoms with Crippen molar-refractivity contribution in [2.75, 3.05) is 32.8 Å². The molecule has 2 nitrogen and oxygen atoms in total. The summed E-state index contributed by atoms with van der Waals surface area (Å²) in [5, 5.41) is 0. The van der Waals surface area contributed by atoms with Gasteiger partial charge in [-0.15, -0.1) is 0 Å². The second-order valence-electron chi connectivity index (χ2n) is 4.30. The van der Waals surface area contributed by atoms with Crippen LogP contribution < -0.4 is 5.46 Å². The van der Waals surface area contributed by atoms with Crippen LogP contribution in [0, 0.1) is 0 Å². The number of hydrogen-bond acceptors (Lipinski definition) is 2. The largest absolute Gasteiger partial charge is 0.379 e. The summed E-state index contributed by atoms with van der Waals surface area (Å²) in [7, 11) is 5.65. The number of aryl methyl sites for hydroxylation is 1. The normalized spacial score (nSPS) is 17.5. The van der Waals surface area contributed by atoms with E-state index in [9.17, 15) is 0 Å². The van der Waals surface area contributed by atoms with Crippen molar-refractivity contribution in [2.45, 2.75) is 12.8 Å². The lowest BCUT2D eigenvalue weighted by atomic mass is 9.94. The van der Waals surface area contributed by atoms with E-state index in [0.29, 0.717) is 0 Å². The second-order valence-corrected chi connectivity index (χ2v) is 4.30. The first-order valence-electron chi connectivity index (χ1n) is 5.99. The molecule has 2 rings (SSSR count). The first-order valence-corrected chi connectivity index (χ1v) is 5.99. The molecule has 1 fully saturated rings. The van der Waals surface area contributed by atoms with Gasteiger partial charge in [0.15, 0.2) is 0 Å². The van der Waals surface area contributed by atoms with E-state index in [1.54, 1.807) is 0 Å². The van der Waals surface area contributed by atoms with Gasteiger partial charge >= 0.3 is 0 Å². The van der Waals surface area contributed by atoms with E-state index in [1.165, 1.54) is 18.5 Å². The molecule has 0 spiro atoms. The summed E-state index contributed by atoms with van der Waals surface area (Å²) < 4.78 is 5.32. The zero-order valence-corrected chi connectivity index (χ0v) is 9.69. The van der Waals surface area contributed by atoms with Crippen LogP contribution in [0.4, 0.5) is 0 Å². The van der Waals surface area contributed by atoms with Crippen molar-refractivity contribution in [3.63, 3.8) is 0 Å². The van der Waals surface area contributed by atoms with Crippen LogP contribution in [0.15, 0.2) is 24.3 Å². The first-order chi connectivity index (χ1) is 7.84. The van der Waals surface area contributed by atoms with E-state index in [1.807, 2.05) is 12.1 Å². The van der Waals surface area contributed by atoms with E-state index in [-0.39, 0.29) is 0 Å². The first kappa shape index (κ1) is 11.7. The van der Waals surface area contributed by atoms with Gasteiger partial charge < -0.3 is 4.74 Å². The fourth-order valence-corrected chi connectivity index (χ4v) is 2.02. The van der Waals surface area contributed by atoms with Crippen LogP contribution in [0.1, 0.15) is 12.0 Å². The molecule has 0 aromatic heterocycles. The summed E-state index contributed by atoms with van der Waals surface area (Å²) in [6.45, 7) is 5.13. The van der Waals surface area contributed by atoms with E-state index in [4.69, 9.17) is 12.6 Å². The SMILES string of the molecule is [B]c1ccc(CCCN2CCOCC2)cc1. The highest BCUT2D eigenvalue weighted by Gasteiger charge is 2.08. The molecular formula is C13H18BNO. The molecule has 1 aromatic carbocycles. The molecule has 0 unspecified atom stereocenters. The van der Waals surface area contributed by atoms with Crippen LogP contribution in [0.25, 0.3) is 0 Å². The lowest BCUT2D eigenvalue weighted by Gasteiger charge is -2.26. The number of hydrogen-bond donors (Lipinski definition) is 0. The Morgan fingerprint density at radius 3 is 2.50 bits per heavy atom. The average molecular weight is 215 g/mol. The quantitative estimate of drug-likeness (QED) is 0.687. The van der Waals surface area contributed by atoms with Crippen molar-refractivity contribution in [2.24, 2.45) is 0 Å². The maximum Gasteiger partial charge on any atom is 0.113 e. The van der Waals surface area contributed by atoms with Crippen molar-refractivity contribution in [3.8, 4) is 0 Å². The topological polar surface area (TPSA) is 12.5 Å². The number of benzene rings is 1. The Hall–Kier alpha value is -0.795. The van der Waals surface area contributed by atoms with Gasteiger partial charge in [-0.3, -0.25) is 4.90 Å². The molecule has 0 saturated carbocycles. The molecule has 2 radical (unpaired) electrons. The molecule has 1 heterocycles. The van der Waals surface area contributed by atoms with Gasteiger partial charge in [-0.1, -0.05) is 29.7 Å². The zero-order chi connectivity index (χ0) is 11.2. The average Bonchev–Trinajstić information content (AvgIpc) is 2.33. The third kappa shape index (κ3) is 3.65. The van der Waals surface area contributed by atoms with Crippen molar-refractivity contribution in [3.05, 3.63) is 29.8 Å². The zero-order valence-electron chi connectivity index (χ0n) is 9.69. The molecule has 1 aliphatic rings. The lowest BCUT2D eigenvalue weighted by molar-refractivity contribution is 0.0375. The molecule has 16 heavy (non-hydrogen) atoms. The van der Waals surface area contributed by atoms with Crippen LogP contribution in [0.3, 0.4) is 0 Å². The van der Waals surface area contributed by atoms with Crippen molar-refractivity contribution >= 4 is 13.3 Å². The molecule has 1 aliphatic heterocycles. The predicted molar refractivity (Wildman–Crippen MR) is 67.4 cm³/mol. The highest BCUT2D eigenvalue weighted by atomic mass is 16.5. The Kier molecular flexibility index (Phi) is 4.43. The molecule has 84 valence electrons. The third-order valence-electron chi connectivity index (χ3n) is 3.02. The van der Waals surface area contributed by atoms with Gasteiger partial charge in [-0.2, -0.15) is 0 Å². The Balaban J connectivity index is 1.69. The van der Waals surface area contributed by atoms with E-state index >= 15 is 0 Å². The van der Waals surface area contributed by atoms with Crippen LogP contribution in [0.2, 0.25) is 0 Å². The summed E-state index contributed by atoms with van der Waals surface area (Å²) in [5.74, 6) is 0. The summed E-state index contributed by atoms with van der Waals surface area (Å²) in [5.41, 5.74) is 2.22. The maximum atomic E-state index is 5.65. The van der Waals surface area contributed by atoms with Gasteiger partial charge in [0.05, 0.1) is 13.2 Å². The van der Waals surface area contributed by atoms with Crippen LogP contribution >= 0.6 is 0 Å². The van der Waals surface area contributed by atoms with Crippen molar-refractivity contribution in [1.82, 2.24) is 4.90 Å². The molecule has 1 saturated heterocycles. The van der Waals surface area contributed by atoms with E-state index in [2.05, 4.69) is 17.0 Å². The predicted octanol–water partition coefficient (Wildman–Crippen LogP) is 0.745. The van der Waals surface area contributed by atoms with Gasteiger partial charge in [0.2, 0.25) is 0 Å². The van der Waals surface area contributed by atoms with Gasteiger partial charge in [-0.05, 0) is 24.9 Å². The number of morpholine rings is 1. The molecule has 3 heteroatoms. The highest BCUT2D eigenvalue weighted by molar-refractivity contribution is 6.32. The van der Waals surface area contributed by atoms with Crippen molar-refractivity contribution < 1.29 is 4.74 Å². The smallest absolute Gasteiger partial charge is 0.113 e. The molecule has 0 aliphatic carbocycles. The van der Waals surface area contributed by atoms with Gasteiger partial charge in [0.1, 0.15) is 7.85 Å². The lowest BCUT2D eigenvalue weighted by Crippen LogP contribution is -2.36. The van der Waals surface area contributed by atoms with Gasteiger partial charge in [0.25, 0.3) is 0 Å². The van der Waals surface area contributed by atoms with E-state index < -0.39 is 0 Å². The minimum absolute atomic E-state index is 0.844. The Morgan fingerprint density at radius 2 is 1.81 bits per heavy atom. The summed E-state index contributed by atoms with van der Waals surface area (Å²) in [6.07, 6.45) is 2.35. The van der Waals surface area contributed by atoms with E-state index in [0.717, 1.165) is 38.2 Å². The summed E-state index contributed by atoms with van der Waals surface area (Å²) in [6, 6.07) is 8.19. The molecule has 0 atom stereocenters. The van der Waals surface area contributed by atoms with Crippen LogP contribution in [-0.4, -0.2) is 45.6 Å². The van der Waals surface area contributed by atoms with Crippen molar-refractivity contribution in [1.29, 1.82) is 0 Å². The highest BCUT2D eigenvalue weighted by Crippen LogP contribution is 2.04. The van der Waals surface area contributed by atoms with Gasteiger partial charge in [-0.25, -0.2) is 0 Å². The minimum Gasteiger partial charge on any atom is -0.379 e. The van der Waals surface area contributed by atoms with Crippen LogP contribution in [-0.2, 0) is 11.2 Å². The molecule has 0 bridgehead atoms. The fraction of sp³-hybridized carbons (Fsp3) is 0.538. The number of nitrogens with zero attached hydrogens (tertiary/aromatic N) is 1. The molecule has 0 N–H and O–H groups in total. The van der Waals surface area contributed by atoms with Crippen LogP contribution in [0.5, 0.6) is 0 Å². The summed E-state index contributed by atoms with van der Waals surface area (Å²) >= 11 is 0. The third-order valence-corrected chi connectivity index (χ3v) is 3.02. The van der Waals surface area contributed by atoms with Gasteiger partial charge in [0, 0.05) is 13.1 Å². The molecule has 0 amide bonds. The second kappa shape index (κ2) is 6.07. The molecular weight excluding hydrogens is 197 g/mol. The Labute approximate surface area is 99.0 Å². The Morgan fingerprint density at radius 1 is 1.12 bits per heavy atom. The molecule has 1 aromatic rings. The standard InChI is InChI=1S/C13H18BNO/c14-13-5-3-12(4-6-13)2-1-7-15-8-10-16-11-9-15/h3-6H,1-2,7-11H2. The minimum atomic E-state index is 0.844. The fourth-order valence-electron chi connectivity index (χ4n) is 2.02. The summed E-state index contributed by atoms with van der Waals surface area (Å²) in [4.78, 5) is 2.47. The monoisotopic (exact) mass is 215 g/mol. The number of rotatable bonds is 4. The Bertz CT molecular complexity index is 306. The maximum absolute atomic E-state index is 5.65. The number of ether oxygens (including phenoxy) is 1.